The second-order valence-electron chi connectivity index (χ2n) is 6.98. The molecule has 0 bridgehead atoms. The van der Waals surface area contributed by atoms with Gasteiger partial charge in [-0.15, -0.1) is 0 Å². The number of nitrogens with one attached hydrogen (secondary N) is 1. The molecule has 29 heavy (non-hydrogen) atoms. The number of hydrogen-bond donors (Lipinski definition) is 1. The van der Waals surface area contributed by atoms with Crippen LogP contribution in [0.1, 0.15) is 38.3 Å². The third-order valence-corrected chi connectivity index (χ3v) is 5.93. The normalized spacial score (nSPS) is 12.9. The molecule has 0 aliphatic rings. The van der Waals surface area contributed by atoms with E-state index in [0.717, 1.165) is 6.42 Å². The fourth-order valence-electron chi connectivity index (χ4n) is 2.81. The Labute approximate surface area is 187 Å². The van der Waals surface area contributed by atoms with E-state index in [4.69, 9.17) is 34.8 Å². The number of nitrogens with zero attached hydrogens (tertiary/aromatic N) is 1. The summed E-state index contributed by atoms with van der Waals surface area (Å²) in [6.07, 6.45) is 0.866. The minimum absolute atomic E-state index is 0.00868. The Hall–Kier alpha value is -1.75. The van der Waals surface area contributed by atoms with Crippen molar-refractivity contribution in [1.29, 1.82) is 0 Å². The molecule has 0 fully saturated rings. The largest absolute Gasteiger partial charge is 0.352 e. The summed E-state index contributed by atoms with van der Waals surface area (Å²) < 4.78 is 0. The summed E-state index contributed by atoms with van der Waals surface area (Å²) >= 11 is 18.8. The summed E-state index contributed by atoms with van der Waals surface area (Å²) in [5.41, 5.74) is 1.30. The van der Waals surface area contributed by atoms with E-state index in [1.54, 1.807) is 43.3 Å². The molecule has 4 nitrogen and oxygen atoms in total. The number of amides is 2. The van der Waals surface area contributed by atoms with Crippen molar-refractivity contribution in [2.75, 3.05) is 0 Å². The zero-order valence-electron chi connectivity index (χ0n) is 16.7. The van der Waals surface area contributed by atoms with Crippen molar-refractivity contribution in [2.24, 2.45) is 0 Å². The number of benzene rings is 2. The molecule has 0 aromatic heterocycles. The fourth-order valence-corrected chi connectivity index (χ4v) is 3.53. The zero-order valence-corrected chi connectivity index (χ0v) is 19.0. The number of hydrogen-bond acceptors (Lipinski definition) is 2. The van der Waals surface area contributed by atoms with Crippen LogP contribution in [0.2, 0.25) is 15.1 Å². The molecule has 0 aliphatic heterocycles. The molecule has 2 aromatic rings. The van der Waals surface area contributed by atoms with Gasteiger partial charge in [-0.25, -0.2) is 0 Å². The molecule has 2 atom stereocenters. The van der Waals surface area contributed by atoms with Crippen molar-refractivity contribution in [3.8, 4) is 0 Å². The van der Waals surface area contributed by atoms with Crippen molar-refractivity contribution in [2.45, 2.75) is 52.2 Å². The summed E-state index contributed by atoms with van der Waals surface area (Å²) in [7, 11) is 0. The molecule has 156 valence electrons. The average molecular weight is 456 g/mol. The van der Waals surface area contributed by atoms with Crippen molar-refractivity contribution >= 4 is 46.6 Å². The summed E-state index contributed by atoms with van der Waals surface area (Å²) in [4.78, 5) is 27.4. The molecule has 7 heteroatoms. The summed E-state index contributed by atoms with van der Waals surface area (Å²) in [6.45, 7) is 5.73. The van der Waals surface area contributed by atoms with E-state index in [1.165, 1.54) is 4.90 Å². The molecule has 0 spiro atoms. The maximum atomic E-state index is 13.2. The summed E-state index contributed by atoms with van der Waals surface area (Å²) in [6, 6.07) is 11.6. The van der Waals surface area contributed by atoms with E-state index in [2.05, 4.69) is 5.32 Å². The maximum absolute atomic E-state index is 13.2. The van der Waals surface area contributed by atoms with Crippen molar-refractivity contribution < 1.29 is 9.59 Å². The van der Waals surface area contributed by atoms with Crippen LogP contribution < -0.4 is 5.32 Å². The van der Waals surface area contributed by atoms with Crippen LogP contribution in [0, 0.1) is 0 Å². The van der Waals surface area contributed by atoms with Gasteiger partial charge in [0, 0.05) is 33.2 Å². The van der Waals surface area contributed by atoms with Gasteiger partial charge in [0.25, 0.3) is 0 Å². The van der Waals surface area contributed by atoms with Gasteiger partial charge in [0.05, 0.1) is 6.42 Å². The summed E-state index contributed by atoms with van der Waals surface area (Å²) in [5.74, 6) is -0.462. The van der Waals surface area contributed by atoms with Gasteiger partial charge in [0.2, 0.25) is 11.8 Å². The van der Waals surface area contributed by atoms with Gasteiger partial charge in [0.1, 0.15) is 6.04 Å². The maximum Gasteiger partial charge on any atom is 0.242 e. The minimum Gasteiger partial charge on any atom is -0.352 e. The first-order valence-electron chi connectivity index (χ1n) is 9.50. The Morgan fingerprint density at radius 2 is 1.55 bits per heavy atom. The van der Waals surface area contributed by atoms with Crippen LogP contribution in [0.5, 0.6) is 0 Å². The van der Waals surface area contributed by atoms with Crippen LogP contribution in [-0.4, -0.2) is 28.8 Å². The van der Waals surface area contributed by atoms with Gasteiger partial charge < -0.3 is 10.2 Å². The van der Waals surface area contributed by atoms with Crippen LogP contribution in [-0.2, 0) is 22.6 Å². The fraction of sp³-hybridized carbons (Fsp3) is 0.364. The van der Waals surface area contributed by atoms with Gasteiger partial charge in [-0.3, -0.25) is 9.59 Å². The Kier molecular flexibility index (Phi) is 8.81. The molecule has 0 saturated carbocycles. The van der Waals surface area contributed by atoms with E-state index in [9.17, 15) is 9.59 Å². The van der Waals surface area contributed by atoms with Crippen molar-refractivity contribution in [1.82, 2.24) is 10.2 Å². The van der Waals surface area contributed by atoms with Crippen LogP contribution >= 0.6 is 34.8 Å². The quantitative estimate of drug-likeness (QED) is 0.569. The second kappa shape index (κ2) is 10.9. The highest BCUT2D eigenvalue weighted by molar-refractivity contribution is 6.36. The molecule has 0 heterocycles. The van der Waals surface area contributed by atoms with Crippen LogP contribution in [0.3, 0.4) is 0 Å². The molecule has 0 unspecified atom stereocenters. The van der Waals surface area contributed by atoms with Gasteiger partial charge in [-0.05, 0) is 44.0 Å². The number of carbonyl (C=O) groups excluding carboxylic acids is 2. The van der Waals surface area contributed by atoms with Crippen molar-refractivity contribution in [3.63, 3.8) is 0 Å². The lowest BCUT2D eigenvalue weighted by molar-refractivity contribution is -0.140. The van der Waals surface area contributed by atoms with Crippen molar-refractivity contribution in [3.05, 3.63) is 68.7 Å². The third-order valence-electron chi connectivity index (χ3n) is 4.86. The lowest BCUT2D eigenvalue weighted by Crippen LogP contribution is -2.50. The number of carbonyl (C=O) groups is 2. The molecule has 1 N–H and O–H groups in total. The first-order valence-corrected chi connectivity index (χ1v) is 10.6. The van der Waals surface area contributed by atoms with Gasteiger partial charge in [0.15, 0.2) is 0 Å². The minimum atomic E-state index is -0.702. The molecule has 2 aromatic carbocycles. The van der Waals surface area contributed by atoms with E-state index in [0.29, 0.717) is 26.2 Å². The van der Waals surface area contributed by atoms with Crippen LogP contribution in [0.4, 0.5) is 0 Å². The van der Waals surface area contributed by atoms with Crippen LogP contribution in [0.15, 0.2) is 42.5 Å². The van der Waals surface area contributed by atoms with Gasteiger partial charge >= 0.3 is 0 Å². The Balaban J connectivity index is 2.32. The predicted molar refractivity (Wildman–Crippen MR) is 120 cm³/mol. The average Bonchev–Trinajstić information content (AvgIpc) is 2.68. The molecule has 0 aliphatic carbocycles. The topological polar surface area (TPSA) is 49.4 Å². The van der Waals surface area contributed by atoms with E-state index < -0.39 is 6.04 Å². The SMILES string of the molecule is CC[C@H](C)NC(=O)[C@H](C)N(Cc1c(Cl)cccc1Cl)C(=O)Cc1ccccc1Cl. The lowest BCUT2D eigenvalue weighted by atomic mass is 10.1. The Morgan fingerprint density at radius 3 is 2.14 bits per heavy atom. The molecular weight excluding hydrogens is 431 g/mol. The van der Waals surface area contributed by atoms with E-state index in [-0.39, 0.29) is 30.8 Å². The Bertz CT molecular complexity index is 853. The molecule has 2 amide bonds. The highest BCUT2D eigenvalue weighted by atomic mass is 35.5. The predicted octanol–water partition coefficient (Wildman–Crippen LogP) is 5.52. The highest BCUT2D eigenvalue weighted by Crippen LogP contribution is 2.27. The third kappa shape index (κ3) is 6.36. The highest BCUT2D eigenvalue weighted by Gasteiger charge is 2.28. The zero-order chi connectivity index (χ0) is 21.6. The van der Waals surface area contributed by atoms with Gasteiger partial charge in [-0.2, -0.15) is 0 Å². The monoisotopic (exact) mass is 454 g/mol. The molecule has 2 rings (SSSR count). The van der Waals surface area contributed by atoms with Gasteiger partial charge in [-0.1, -0.05) is 66.0 Å². The first kappa shape index (κ1) is 23.5. The Morgan fingerprint density at radius 1 is 0.966 bits per heavy atom. The number of halogens is 3. The first-order chi connectivity index (χ1) is 13.7. The van der Waals surface area contributed by atoms with Crippen LogP contribution in [0.25, 0.3) is 0 Å². The smallest absolute Gasteiger partial charge is 0.242 e. The molecular formula is C22H25Cl3N2O2. The van der Waals surface area contributed by atoms with E-state index >= 15 is 0 Å². The second-order valence-corrected chi connectivity index (χ2v) is 8.21. The molecule has 0 radical (unpaired) electrons. The standard InChI is InChI=1S/C22H25Cl3N2O2/c1-4-14(2)26-22(29)15(3)27(13-17-19(24)10-7-11-20(17)25)21(28)12-16-8-5-6-9-18(16)23/h5-11,14-15H,4,12-13H2,1-3H3,(H,26,29)/t14-,15-/m0/s1. The summed E-state index contributed by atoms with van der Waals surface area (Å²) in [5, 5.41) is 4.33. The molecule has 0 saturated heterocycles. The van der Waals surface area contributed by atoms with E-state index in [1.807, 2.05) is 19.9 Å². The lowest BCUT2D eigenvalue weighted by Gasteiger charge is -2.30. The number of rotatable bonds is 8.